The lowest BCUT2D eigenvalue weighted by Crippen LogP contribution is -2.63. The number of hydrogen-bond acceptors (Lipinski definition) is 3. The Hall–Kier alpha value is -1.85. The van der Waals surface area contributed by atoms with E-state index in [-0.39, 0.29) is 17.2 Å². The first-order chi connectivity index (χ1) is 9.96. The average Bonchev–Trinajstić information content (AvgIpc) is 2.77. The number of hydrogen-bond donors (Lipinski definition) is 0. The zero-order chi connectivity index (χ0) is 16.9. The standard InChI is InChI=1S/C16H26N4O2/c1-15(2,3)12-10-11(19(7)17-12)13(21)20-9-8-18(6)14(22)16(20,4)5/h10H,8-9H2,1-7H3. The summed E-state index contributed by atoms with van der Waals surface area (Å²) < 4.78 is 1.61. The molecule has 1 fully saturated rings. The second kappa shape index (κ2) is 5.11. The lowest BCUT2D eigenvalue weighted by molar-refractivity contribution is -0.144. The zero-order valence-corrected chi connectivity index (χ0v) is 14.6. The second-order valence-electron chi connectivity index (χ2n) is 7.53. The van der Waals surface area contributed by atoms with Gasteiger partial charge in [-0.2, -0.15) is 5.10 Å². The molecule has 0 N–H and O–H groups in total. The van der Waals surface area contributed by atoms with Crippen LogP contribution in [0, 0.1) is 0 Å². The maximum Gasteiger partial charge on any atom is 0.273 e. The van der Waals surface area contributed by atoms with Crippen LogP contribution in [-0.4, -0.2) is 57.1 Å². The highest BCUT2D eigenvalue weighted by molar-refractivity contribution is 5.98. The Balaban J connectivity index is 2.36. The topological polar surface area (TPSA) is 58.4 Å². The van der Waals surface area contributed by atoms with Crippen molar-refractivity contribution in [1.82, 2.24) is 19.6 Å². The number of likely N-dealkylation sites (N-methyl/N-ethyl adjacent to an activating group) is 1. The number of piperazine rings is 1. The maximum atomic E-state index is 12.9. The molecule has 0 saturated carbocycles. The van der Waals surface area contributed by atoms with Gasteiger partial charge in [-0.1, -0.05) is 20.8 Å². The van der Waals surface area contributed by atoms with Gasteiger partial charge in [-0.25, -0.2) is 0 Å². The second-order valence-corrected chi connectivity index (χ2v) is 7.53. The van der Waals surface area contributed by atoms with Gasteiger partial charge in [0, 0.05) is 32.6 Å². The lowest BCUT2D eigenvalue weighted by Gasteiger charge is -2.44. The van der Waals surface area contributed by atoms with E-state index < -0.39 is 5.54 Å². The van der Waals surface area contributed by atoms with Gasteiger partial charge in [0.25, 0.3) is 5.91 Å². The number of nitrogens with zero attached hydrogens (tertiary/aromatic N) is 4. The third-order valence-corrected chi connectivity index (χ3v) is 4.32. The Kier molecular flexibility index (Phi) is 3.83. The summed E-state index contributed by atoms with van der Waals surface area (Å²) in [5.41, 5.74) is 0.437. The lowest BCUT2D eigenvalue weighted by atomic mass is 9.92. The van der Waals surface area contributed by atoms with Crippen molar-refractivity contribution in [2.75, 3.05) is 20.1 Å². The molecule has 2 amide bonds. The minimum Gasteiger partial charge on any atom is -0.342 e. The third kappa shape index (κ3) is 2.62. The van der Waals surface area contributed by atoms with Crippen LogP contribution in [0.5, 0.6) is 0 Å². The van der Waals surface area contributed by atoms with E-state index in [9.17, 15) is 9.59 Å². The Morgan fingerprint density at radius 2 is 1.82 bits per heavy atom. The monoisotopic (exact) mass is 306 g/mol. The van der Waals surface area contributed by atoms with E-state index in [0.29, 0.717) is 18.8 Å². The summed E-state index contributed by atoms with van der Waals surface area (Å²) in [4.78, 5) is 28.6. The van der Waals surface area contributed by atoms with Crippen molar-refractivity contribution >= 4 is 11.8 Å². The summed E-state index contributed by atoms with van der Waals surface area (Å²) in [6.45, 7) is 10.9. The van der Waals surface area contributed by atoms with Crippen LogP contribution in [0.15, 0.2) is 6.07 Å². The summed E-state index contributed by atoms with van der Waals surface area (Å²) in [7, 11) is 3.54. The van der Waals surface area contributed by atoms with Crippen LogP contribution >= 0.6 is 0 Å². The summed E-state index contributed by atoms with van der Waals surface area (Å²) >= 11 is 0. The maximum absolute atomic E-state index is 12.9. The van der Waals surface area contributed by atoms with Gasteiger partial charge in [0.2, 0.25) is 5.91 Å². The van der Waals surface area contributed by atoms with Crippen molar-refractivity contribution < 1.29 is 9.59 Å². The molecule has 0 unspecified atom stereocenters. The van der Waals surface area contributed by atoms with Gasteiger partial charge in [0.15, 0.2) is 0 Å². The van der Waals surface area contributed by atoms with Crippen LogP contribution in [0.1, 0.15) is 50.8 Å². The molecule has 1 aromatic rings. The predicted molar refractivity (Wildman–Crippen MR) is 84.7 cm³/mol. The smallest absolute Gasteiger partial charge is 0.273 e. The predicted octanol–water partition coefficient (Wildman–Crippen LogP) is 1.41. The first-order valence-electron chi connectivity index (χ1n) is 7.58. The molecule has 0 aliphatic carbocycles. The first-order valence-corrected chi connectivity index (χ1v) is 7.58. The Morgan fingerprint density at radius 1 is 1.23 bits per heavy atom. The van der Waals surface area contributed by atoms with Crippen molar-refractivity contribution in [3.8, 4) is 0 Å². The molecule has 2 rings (SSSR count). The molecule has 0 radical (unpaired) electrons. The van der Waals surface area contributed by atoms with Crippen LogP contribution in [0.2, 0.25) is 0 Å². The third-order valence-electron chi connectivity index (χ3n) is 4.32. The van der Waals surface area contributed by atoms with Gasteiger partial charge in [-0.05, 0) is 19.9 Å². The Morgan fingerprint density at radius 3 is 2.32 bits per heavy atom. The molecule has 0 atom stereocenters. The van der Waals surface area contributed by atoms with Crippen molar-refractivity contribution in [3.05, 3.63) is 17.5 Å². The summed E-state index contributed by atoms with van der Waals surface area (Å²) in [6.07, 6.45) is 0. The van der Waals surface area contributed by atoms with Gasteiger partial charge in [-0.15, -0.1) is 0 Å². The fourth-order valence-corrected chi connectivity index (χ4v) is 2.74. The van der Waals surface area contributed by atoms with E-state index in [1.807, 2.05) is 6.07 Å². The molecule has 0 bridgehead atoms. The van der Waals surface area contributed by atoms with E-state index >= 15 is 0 Å². The largest absolute Gasteiger partial charge is 0.342 e. The Bertz CT molecular complexity index is 610. The molecule has 22 heavy (non-hydrogen) atoms. The molecule has 6 nitrogen and oxygen atoms in total. The Labute approximate surface area is 132 Å². The number of aromatic nitrogens is 2. The molecule has 1 saturated heterocycles. The fourth-order valence-electron chi connectivity index (χ4n) is 2.74. The molecule has 1 aromatic heterocycles. The van der Waals surface area contributed by atoms with Crippen molar-refractivity contribution in [1.29, 1.82) is 0 Å². The van der Waals surface area contributed by atoms with E-state index in [4.69, 9.17) is 0 Å². The minimum atomic E-state index is -0.837. The molecule has 1 aliphatic rings. The van der Waals surface area contributed by atoms with Gasteiger partial charge in [0.05, 0.1) is 5.69 Å². The van der Waals surface area contributed by atoms with Gasteiger partial charge >= 0.3 is 0 Å². The fraction of sp³-hybridized carbons (Fsp3) is 0.688. The van der Waals surface area contributed by atoms with Gasteiger partial charge in [0.1, 0.15) is 11.2 Å². The number of amides is 2. The van der Waals surface area contributed by atoms with Crippen molar-refractivity contribution in [2.45, 2.75) is 45.6 Å². The number of rotatable bonds is 1. The van der Waals surface area contributed by atoms with Crippen molar-refractivity contribution in [3.63, 3.8) is 0 Å². The number of carbonyl (C=O) groups is 2. The van der Waals surface area contributed by atoms with E-state index in [2.05, 4.69) is 25.9 Å². The minimum absolute atomic E-state index is 0.0367. The summed E-state index contributed by atoms with van der Waals surface area (Å²) in [5, 5.41) is 4.45. The van der Waals surface area contributed by atoms with Crippen LogP contribution in [-0.2, 0) is 17.3 Å². The molecular weight excluding hydrogens is 280 g/mol. The quantitative estimate of drug-likeness (QED) is 0.788. The molecule has 2 heterocycles. The molecule has 122 valence electrons. The van der Waals surface area contributed by atoms with Crippen LogP contribution < -0.4 is 0 Å². The van der Waals surface area contributed by atoms with Gasteiger partial charge < -0.3 is 9.80 Å². The van der Waals surface area contributed by atoms with Crippen LogP contribution in [0.4, 0.5) is 0 Å². The first kappa shape index (κ1) is 16.5. The van der Waals surface area contributed by atoms with Gasteiger partial charge in [-0.3, -0.25) is 14.3 Å². The van der Waals surface area contributed by atoms with E-state index in [1.54, 1.807) is 42.4 Å². The highest BCUT2D eigenvalue weighted by Crippen LogP contribution is 2.26. The van der Waals surface area contributed by atoms with Crippen LogP contribution in [0.25, 0.3) is 0 Å². The highest BCUT2D eigenvalue weighted by atomic mass is 16.2. The SMILES string of the molecule is CN1CCN(C(=O)c2cc(C(C)(C)C)nn2C)C(C)(C)C1=O. The van der Waals surface area contributed by atoms with Crippen molar-refractivity contribution in [2.24, 2.45) is 7.05 Å². The molecular formula is C16H26N4O2. The molecule has 6 heteroatoms. The molecule has 0 spiro atoms. The van der Waals surface area contributed by atoms with E-state index in [1.165, 1.54) is 0 Å². The van der Waals surface area contributed by atoms with Crippen LogP contribution in [0.3, 0.4) is 0 Å². The number of carbonyl (C=O) groups excluding carboxylic acids is 2. The molecule has 1 aliphatic heterocycles. The summed E-state index contributed by atoms with van der Waals surface area (Å²) in [5.74, 6) is -0.178. The molecule has 0 aromatic carbocycles. The number of aryl methyl sites for hydroxylation is 1. The zero-order valence-electron chi connectivity index (χ0n) is 14.6. The normalized spacial score (nSPS) is 18.8. The average molecular weight is 306 g/mol. The highest BCUT2D eigenvalue weighted by Gasteiger charge is 2.44. The van der Waals surface area contributed by atoms with E-state index in [0.717, 1.165) is 5.69 Å². The summed E-state index contributed by atoms with van der Waals surface area (Å²) in [6, 6.07) is 1.83.